The molecule has 0 saturated heterocycles. The number of quaternary nitrogens is 1. The van der Waals surface area contributed by atoms with Crippen molar-refractivity contribution in [2.24, 2.45) is 0 Å². The van der Waals surface area contributed by atoms with E-state index in [0.29, 0.717) is 0 Å². The van der Waals surface area contributed by atoms with E-state index in [1.807, 2.05) is 0 Å². The Bertz CT molecular complexity index is 294. The molecule has 0 saturated carbocycles. The van der Waals surface area contributed by atoms with E-state index in [-0.39, 0.29) is 68.4 Å². The Balaban J connectivity index is -0.00000512. The summed E-state index contributed by atoms with van der Waals surface area (Å²) in [4.78, 5) is 0. The summed E-state index contributed by atoms with van der Waals surface area (Å²) in [5, 5.41) is 0. The zero-order valence-electron chi connectivity index (χ0n) is 24.7. The molecule has 0 aliphatic carbocycles. The first-order valence-electron chi connectivity index (χ1n) is 16.1. The van der Waals surface area contributed by atoms with Crippen LogP contribution >= 0.6 is 17.0 Å². The van der Waals surface area contributed by atoms with Crippen LogP contribution in [-0.2, 0) is 0 Å². The van der Waals surface area contributed by atoms with Gasteiger partial charge in [-0.25, -0.2) is 0 Å². The number of hydrogen-bond acceptors (Lipinski definition) is 0. The fourth-order valence-corrected chi connectivity index (χ4v) is 5.58. The molecule has 0 unspecified atom stereocenters. The molecule has 35 heavy (non-hydrogen) atoms. The SMILES string of the molecule is Br.CCCCCCCC[N+](CCCCCCCC)(CCCCCCCC)CCCCCCCC.[KH]. The molecule has 0 amide bonds. The minimum absolute atomic E-state index is 0. The molecule has 0 aliphatic heterocycles. The Morgan fingerprint density at radius 1 is 0.286 bits per heavy atom. The van der Waals surface area contributed by atoms with Gasteiger partial charge in [0.25, 0.3) is 0 Å². The summed E-state index contributed by atoms with van der Waals surface area (Å²) < 4.78 is 1.48. The van der Waals surface area contributed by atoms with Gasteiger partial charge in [0.1, 0.15) is 0 Å². The summed E-state index contributed by atoms with van der Waals surface area (Å²) in [5.74, 6) is 0. The van der Waals surface area contributed by atoms with Gasteiger partial charge >= 0.3 is 51.4 Å². The van der Waals surface area contributed by atoms with Crippen LogP contribution < -0.4 is 0 Å². The molecule has 0 N–H and O–H groups in total. The van der Waals surface area contributed by atoms with Crippen LogP contribution in [0, 0.1) is 0 Å². The van der Waals surface area contributed by atoms with Crippen LogP contribution in [0.4, 0.5) is 0 Å². The zero-order valence-corrected chi connectivity index (χ0v) is 26.4. The molecule has 0 aromatic rings. The van der Waals surface area contributed by atoms with Crippen molar-refractivity contribution < 1.29 is 4.48 Å². The third-order valence-electron chi connectivity index (χ3n) is 7.94. The Hall–Kier alpha value is 2.08. The summed E-state index contributed by atoms with van der Waals surface area (Å²) in [6.45, 7) is 15.3. The molecule has 0 atom stereocenters. The summed E-state index contributed by atoms with van der Waals surface area (Å²) in [5.41, 5.74) is 0. The number of unbranched alkanes of at least 4 members (excludes halogenated alkanes) is 20. The normalized spacial score (nSPS) is 11.3. The second-order valence-corrected chi connectivity index (χ2v) is 11.3. The van der Waals surface area contributed by atoms with Crippen LogP contribution in [0.15, 0.2) is 0 Å². The fraction of sp³-hybridized carbons (Fsp3) is 1.00. The van der Waals surface area contributed by atoms with Crippen molar-refractivity contribution >= 4 is 68.4 Å². The van der Waals surface area contributed by atoms with Crippen LogP contribution in [-0.4, -0.2) is 82.0 Å². The predicted octanol–water partition coefficient (Wildman–Crippen LogP) is 11.2. The molecule has 0 bridgehead atoms. The Labute approximate surface area is 277 Å². The minimum atomic E-state index is 0. The van der Waals surface area contributed by atoms with Gasteiger partial charge in [0, 0.05) is 0 Å². The molecule has 0 fully saturated rings. The zero-order chi connectivity index (χ0) is 24.3. The van der Waals surface area contributed by atoms with E-state index in [1.54, 1.807) is 0 Å². The first kappa shape index (κ1) is 41.6. The van der Waals surface area contributed by atoms with Gasteiger partial charge in [0.15, 0.2) is 0 Å². The Morgan fingerprint density at radius 2 is 0.457 bits per heavy atom. The molecule has 0 rings (SSSR count). The predicted molar refractivity (Wildman–Crippen MR) is 171 cm³/mol. The second-order valence-electron chi connectivity index (χ2n) is 11.3. The van der Waals surface area contributed by atoms with Gasteiger partial charge < -0.3 is 4.48 Å². The van der Waals surface area contributed by atoms with Gasteiger partial charge in [-0.1, -0.05) is 130 Å². The van der Waals surface area contributed by atoms with Crippen molar-refractivity contribution in [3.8, 4) is 0 Å². The van der Waals surface area contributed by atoms with Crippen molar-refractivity contribution in [2.75, 3.05) is 26.2 Å². The van der Waals surface area contributed by atoms with E-state index in [9.17, 15) is 0 Å². The summed E-state index contributed by atoms with van der Waals surface area (Å²) in [6, 6.07) is 0. The van der Waals surface area contributed by atoms with E-state index in [0.717, 1.165) is 0 Å². The average molecular weight is 588 g/mol. The van der Waals surface area contributed by atoms with Crippen LogP contribution in [0.5, 0.6) is 0 Å². The molecule has 0 aromatic heterocycles. The monoisotopic (exact) mass is 586 g/mol. The third kappa shape index (κ3) is 28.9. The van der Waals surface area contributed by atoms with Crippen LogP contribution in [0.2, 0.25) is 0 Å². The van der Waals surface area contributed by atoms with Crippen LogP contribution in [0.1, 0.15) is 182 Å². The molecule has 3 heteroatoms. The molecule has 1 nitrogen and oxygen atoms in total. The number of hydrogen-bond donors (Lipinski definition) is 0. The molecule has 0 heterocycles. The standard InChI is InChI=1S/C32H68N.BrH.K.H/c1-5-9-13-17-21-25-29-33(30-26-22-18-14-10-6-2,31-27-23-19-15-11-7-3)32-28-24-20-16-12-8-4;;;/h5-32H2,1-4H3;1H;;/q+1;;;. The number of nitrogens with zero attached hydrogens (tertiary/aromatic N) is 1. The third-order valence-corrected chi connectivity index (χ3v) is 7.94. The second kappa shape index (κ2) is 34.1. The average Bonchev–Trinajstić information content (AvgIpc) is 2.83. The summed E-state index contributed by atoms with van der Waals surface area (Å²) in [7, 11) is 0. The molecular formula is C32H70BrKN+. The van der Waals surface area contributed by atoms with Crippen LogP contribution in [0.25, 0.3) is 0 Å². The van der Waals surface area contributed by atoms with Gasteiger partial charge in [-0.3, -0.25) is 0 Å². The van der Waals surface area contributed by atoms with Gasteiger partial charge in [-0.05, 0) is 51.4 Å². The van der Waals surface area contributed by atoms with Crippen molar-refractivity contribution in [3.63, 3.8) is 0 Å². The maximum absolute atomic E-state index is 2.34. The van der Waals surface area contributed by atoms with E-state index in [1.165, 1.54) is 185 Å². The topological polar surface area (TPSA) is 0 Å². The maximum atomic E-state index is 2.34. The van der Waals surface area contributed by atoms with Crippen molar-refractivity contribution in [3.05, 3.63) is 0 Å². The Morgan fingerprint density at radius 3 is 0.657 bits per heavy atom. The fourth-order valence-electron chi connectivity index (χ4n) is 5.58. The van der Waals surface area contributed by atoms with E-state index in [4.69, 9.17) is 0 Å². The van der Waals surface area contributed by atoms with Crippen molar-refractivity contribution in [1.29, 1.82) is 0 Å². The van der Waals surface area contributed by atoms with E-state index < -0.39 is 0 Å². The van der Waals surface area contributed by atoms with Gasteiger partial charge in [0.2, 0.25) is 0 Å². The summed E-state index contributed by atoms with van der Waals surface area (Å²) in [6.07, 6.45) is 34.8. The Kier molecular flexibility index (Phi) is 40.5. The molecular weight excluding hydrogens is 517 g/mol. The van der Waals surface area contributed by atoms with Gasteiger partial charge in [-0.2, -0.15) is 0 Å². The van der Waals surface area contributed by atoms with E-state index >= 15 is 0 Å². The number of rotatable bonds is 28. The molecule has 0 spiro atoms. The van der Waals surface area contributed by atoms with Gasteiger partial charge in [-0.15, -0.1) is 17.0 Å². The number of halogens is 1. The molecule has 0 aliphatic rings. The summed E-state index contributed by atoms with van der Waals surface area (Å²) >= 11 is 0. The molecule has 0 aromatic carbocycles. The quantitative estimate of drug-likeness (QED) is 0.0485. The van der Waals surface area contributed by atoms with E-state index in [2.05, 4.69) is 27.7 Å². The first-order valence-corrected chi connectivity index (χ1v) is 16.1. The van der Waals surface area contributed by atoms with Crippen LogP contribution in [0.3, 0.4) is 0 Å². The molecule has 210 valence electrons. The molecule has 0 radical (unpaired) electrons. The van der Waals surface area contributed by atoms with Crippen molar-refractivity contribution in [1.82, 2.24) is 0 Å². The van der Waals surface area contributed by atoms with Gasteiger partial charge in [0.05, 0.1) is 26.2 Å². The van der Waals surface area contributed by atoms with Crippen molar-refractivity contribution in [2.45, 2.75) is 182 Å². The first-order chi connectivity index (χ1) is 16.2.